The van der Waals surface area contributed by atoms with Gasteiger partial charge in [-0.2, -0.15) is 0 Å². The van der Waals surface area contributed by atoms with Crippen molar-refractivity contribution in [2.45, 2.75) is 77.7 Å². The molecule has 0 aromatic heterocycles. The number of methoxy groups -OCH3 is 1. The minimum atomic E-state index is -0.0136. The summed E-state index contributed by atoms with van der Waals surface area (Å²) in [4.78, 5) is 14.9. The molecule has 116 valence electrons. The second-order valence-electron chi connectivity index (χ2n) is 7.10. The molecule has 4 atom stereocenters. The van der Waals surface area contributed by atoms with Crippen molar-refractivity contribution in [1.82, 2.24) is 10.2 Å². The lowest BCUT2D eigenvalue weighted by atomic mass is 10.0. The molecule has 1 saturated heterocycles. The molecule has 0 radical (unpaired) electrons. The van der Waals surface area contributed by atoms with E-state index in [1.807, 2.05) is 0 Å². The molecule has 1 heterocycles. The van der Waals surface area contributed by atoms with Gasteiger partial charge in [0.2, 0.25) is 5.91 Å². The van der Waals surface area contributed by atoms with Gasteiger partial charge < -0.3 is 9.64 Å². The van der Waals surface area contributed by atoms with Crippen molar-refractivity contribution in [2.75, 3.05) is 7.11 Å². The van der Waals surface area contributed by atoms with Crippen LogP contribution in [0.3, 0.4) is 0 Å². The number of amides is 1. The van der Waals surface area contributed by atoms with Gasteiger partial charge in [-0.05, 0) is 37.5 Å². The predicted molar refractivity (Wildman–Crippen MR) is 80.3 cm³/mol. The first-order valence-corrected chi connectivity index (χ1v) is 8.05. The van der Waals surface area contributed by atoms with Crippen LogP contribution < -0.4 is 5.32 Å². The monoisotopic (exact) mass is 282 g/mol. The Morgan fingerprint density at radius 1 is 1.30 bits per heavy atom. The maximum atomic E-state index is 12.7. The molecule has 0 spiro atoms. The van der Waals surface area contributed by atoms with Gasteiger partial charge in [-0.1, -0.05) is 27.7 Å². The van der Waals surface area contributed by atoms with E-state index >= 15 is 0 Å². The van der Waals surface area contributed by atoms with Crippen molar-refractivity contribution in [2.24, 2.45) is 11.8 Å². The Balaban J connectivity index is 2.11. The molecule has 2 fully saturated rings. The van der Waals surface area contributed by atoms with Gasteiger partial charge in [-0.15, -0.1) is 0 Å². The van der Waals surface area contributed by atoms with E-state index in [4.69, 9.17) is 4.74 Å². The highest BCUT2D eigenvalue weighted by Crippen LogP contribution is 2.32. The average molecular weight is 282 g/mol. The predicted octanol–water partition coefficient (Wildman–Crippen LogP) is 2.38. The third-order valence-electron chi connectivity index (χ3n) is 4.67. The van der Waals surface area contributed by atoms with E-state index in [0.717, 1.165) is 25.7 Å². The van der Waals surface area contributed by atoms with Crippen LogP contribution in [0, 0.1) is 11.8 Å². The molecule has 1 N–H and O–H groups in total. The van der Waals surface area contributed by atoms with Gasteiger partial charge in [-0.25, -0.2) is 0 Å². The van der Waals surface area contributed by atoms with E-state index in [1.54, 1.807) is 7.11 Å². The Hall–Kier alpha value is -0.610. The Morgan fingerprint density at radius 2 is 2.00 bits per heavy atom. The highest BCUT2D eigenvalue weighted by molar-refractivity contribution is 5.85. The van der Waals surface area contributed by atoms with Crippen molar-refractivity contribution < 1.29 is 9.53 Å². The van der Waals surface area contributed by atoms with Crippen LogP contribution in [0.25, 0.3) is 0 Å². The van der Waals surface area contributed by atoms with Gasteiger partial charge in [0.25, 0.3) is 0 Å². The molecule has 20 heavy (non-hydrogen) atoms. The smallest absolute Gasteiger partial charge is 0.241 e. The van der Waals surface area contributed by atoms with Gasteiger partial charge in [0.05, 0.1) is 18.3 Å². The van der Waals surface area contributed by atoms with Crippen molar-refractivity contribution in [3.05, 3.63) is 0 Å². The van der Waals surface area contributed by atoms with E-state index in [-0.39, 0.29) is 12.2 Å². The van der Waals surface area contributed by atoms with Gasteiger partial charge in [0.15, 0.2) is 0 Å². The summed E-state index contributed by atoms with van der Waals surface area (Å²) in [5.74, 6) is 1.24. The van der Waals surface area contributed by atoms with Gasteiger partial charge in [-0.3, -0.25) is 10.1 Å². The number of nitrogens with one attached hydrogen (secondary N) is 1. The number of carbonyl (C=O) groups is 1. The van der Waals surface area contributed by atoms with Crippen LogP contribution in [0.4, 0.5) is 0 Å². The number of ether oxygens (including phenoxy) is 1. The first-order chi connectivity index (χ1) is 9.43. The van der Waals surface area contributed by atoms with Crippen LogP contribution in [0.2, 0.25) is 0 Å². The van der Waals surface area contributed by atoms with Crippen molar-refractivity contribution in [3.8, 4) is 0 Å². The lowest BCUT2D eigenvalue weighted by Gasteiger charge is -2.31. The summed E-state index contributed by atoms with van der Waals surface area (Å²) >= 11 is 0. The van der Waals surface area contributed by atoms with Gasteiger partial charge in [0, 0.05) is 13.2 Å². The zero-order valence-electron chi connectivity index (χ0n) is 13.6. The fraction of sp³-hybridized carbons (Fsp3) is 0.938. The SMILES string of the molecule is COC1CCC(N2C(=O)C(C(C)C)NC2CC(C)C)C1. The van der Waals surface area contributed by atoms with Crippen molar-refractivity contribution in [3.63, 3.8) is 0 Å². The van der Waals surface area contributed by atoms with Crippen LogP contribution in [-0.2, 0) is 9.53 Å². The third kappa shape index (κ3) is 3.17. The summed E-state index contributed by atoms with van der Waals surface area (Å²) in [6.07, 6.45) is 4.70. The number of hydrogen-bond donors (Lipinski definition) is 1. The minimum absolute atomic E-state index is 0.0136. The highest BCUT2D eigenvalue weighted by atomic mass is 16.5. The first kappa shape index (κ1) is 15.8. The van der Waals surface area contributed by atoms with Crippen LogP contribution in [0.5, 0.6) is 0 Å². The molecule has 2 rings (SSSR count). The molecule has 2 aliphatic rings. The molecule has 0 bridgehead atoms. The summed E-state index contributed by atoms with van der Waals surface area (Å²) in [5.41, 5.74) is 0. The number of hydrogen-bond acceptors (Lipinski definition) is 3. The normalized spacial score (nSPS) is 34.8. The largest absolute Gasteiger partial charge is 0.381 e. The summed E-state index contributed by atoms with van der Waals surface area (Å²) in [6.45, 7) is 8.69. The quantitative estimate of drug-likeness (QED) is 0.842. The molecule has 0 aromatic rings. The molecule has 4 nitrogen and oxygen atoms in total. The molecular weight excluding hydrogens is 252 g/mol. The summed E-state index contributed by atoms with van der Waals surface area (Å²) in [6, 6.07) is 0.341. The lowest BCUT2D eigenvalue weighted by molar-refractivity contribution is -0.133. The standard InChI is InChI=1S/C16H30N2O2/c1-10(2)8-14-17-15(11(3)4)16(19)18(14)12-6-7-13(9-12)20-5/h10-15,17H,6-9H2,1-5H3. The van der Waals surface area contributed by atoms with E-state index in [2.05, 4.69) is 37.9 Å². The number of carbonyl (C=O) groups excluding carboxylic acids is 1. The topological polar surface area (TPSA) is 41.6 Å². The Morgan fingerprint density at radius 3 is 2.50 bits per heavy atom. The first-order valence-electron chi connectivity index (χ1n) is 8.05. The zero-order valence-corrected chi connectivity index (χ0v) is 13.6. The van der Waals surface area contributed by atoms with Crippen LogP contribution >= 0.6 is 0 Å². The fourth-order valence-electron chi connectivity index (χ4n) is 3.60. The second-order valence-corrected chi connectivity index (χ2v) is 7.10. The lowest BCUT2D eigenvalue weighted by Crippen LogP contribution is -2.44. The van der Waals surface area contributed by atoms with Crippen LogP contribution in [0.15, 0.2) is 0 Å². The van der Waals surface area contributed by atoms with Gasteiger partial charge >= 0.3 is 0 Å². The van der Waals surface area contributed by atoms with E-state index in [1.165, 1.54) is 0 Å². The highest BCUT2D eigenvalue weighted by Gasteiger charge is 2.45. The Kier molecular flexibility index (Phi) is 5.08. The second kappa shape index (κ2) is 6.44. The van der Waals surface area contributed by atoms with Crippen LogP contribution in [-0.4, -0.2) is 42.3 Å². The average Bonchev–Trinajstić information content (AvgIpc) is 2.93. The third-order valence-corrected chi connectivity index (χ3v) is 4.67. The molecule has 1 aliphatic heterocycles. The van der Waals surface area contributed by atoms with Gasteiger partial charge in [0.1, 0.15) is 0 Å². The van der Waals surface area contributed by atoms with E-state index < -0.39 is 0 Å². The Labute approximate surface area is 123 Å². The molecule has 4 heteroatoms. The van der Waals surface area contributed by atoms with Crippen molar-refractivity contribution in [1.29, 1.82) is 0 Å². The van der Waals surface area contributed by atoms with Crippen LogP contribution in [0.1, 0.15) is 53.4 Å². The fourth-order valence-corrected chi connectivity index (χ4v) is 3.60. The maximum absolute atomic E-state index is 12.7. The van der Waals surface area contributed by atoms with E-state index in [9.17, 15) is 4.79 Å². The summed E-state index contributed by atoms with van der Waals surface area (Å²) in [5, 5.41) is 3.57. The summed E-state index contributed by atoms with van der Waals surface area (Å²) < 4.78 is 5.47. The maximum Gasteiger partial charge on any atom is 0.241 e. The zero-order chi connectivity index (χ0) is 14.9. The Bertz CT molecular complexity index is 343. The number of rotatable bonds is 5. The molecule has 1 amide bonds. The molecule has 4 unspecified atom stereocenters. The van der Waals surface area contributed by atoms with Crippen molar-refractivity contribution >= 4 is 5.91 Å². The molecule has 0 aromatic carbocycles. The van der Waals surface area contributed by atoms with E-state index in [0.29, 0.717) is 29.9 Å². The minimum Gasteiger partial charge on any atom is -0.381 e. The molecule has 1 aliphatic carbocycles. The molecular formula is C16H30N2O2. The number of nitrogens with zero attached hydrogens (tertiary/aromatic N) is 1. The summed E-state index contributed by atoms with van der Waals surface area (Å²) in [7, 11) is 1.78. The molecule has 1 saturated carbocycles.